The first-order valence-electron chi connectivity index (χ1n) is 6.17. The largest absolute Gasteiger partial charge is 0.396 e. The van der Waals surface area contributed by atoms with E-state index in [9.17, 15) is 10.1 Å². The van der Waals surface area contributed by atoms with E-state index in [1.165, 1.54) is 6.07 Å². The first kappa shape index (κ1) is 12.8. The van der Waals surface area contributed by atoms with Crippen LogP contribution >= 0.6 is 0 Å². The van der Waals surface area contributed by atoms with E-state index in [2.05, 4.69) is 5.32 Å². The SMILES string of the molecule is Cc1cccc([N+](=O)[O-])c1NCC1(CCO)CC1. The molecule has 0 amide bonds. The van der Waals surface area contributed by atoms with E-state index in [4.69, 9.17) is 5.11 Å². The minimum atomic E-state index is -0.360. The fourth-order valence-electron chi connectivity index (χ4n) is 2.24. The van der Waals surface area contributed by atoms with E-state index >= 15 is 0 Å². The lowest BCUT2D eigenvalue weighted by molar-refractivity contribution is -0.384. The summed E-state index contributed by atoms with van der Waals surface area (Å²) in [6, 6.07) is 5.07. The van der Waals surface area contributed by atoms with Crippen LogP contribution in [-0.4, -0.2) is 23.2 Å². The molecule has 18 heavy (non-hydrogen) atoms. The van der Waals surface area contributed by atoms with Gasteiger partial charge in [-0.2, -0.15) is 0 Å². The van der Waals surface area contributed by atoms with Crippen LogP contribution in [0.1, 0.15) is 24.8 Å². The molecule has 2 N–H and O–H groups in total. The molecule has 0 aliphatic heterocycles. The smallest absolute Gasteiger partial charge is 0.292 e. The predicted molar refractivity (Wildman–Crippen MR) is 69.7 cm³/mol. The zero-order valence-corrected chi connectivity index (χ0v) is 10.5. The topological polar surface area (TPSA) is 75.4 Å². The van der Waals surface area contributed by atoms with E-state index in [0.717, 1.165) is 24.8 Å². The second kappa shape index (κ2) is 4.94. The molecule has 5 heteroatoms. The Hall–Kier alpha value is -1.62. The molecule has 1 saturated carbocycles. The number of hydrogen-bond acceptors (Lipinski definition) is 4. The van der Waals surface area contributed by atoms with Gasteiger partial charge in [0, 0.05) is 19.2 Å². The molecule has 5 nitrogen and oxygen atoms in total. The zero-order chi connectivity index (χ0) is 13.2. The van der Waals surface area contributed by atoms with E-state index in [1.54, 1.807) is 6.07 Å². The Morgan fingerprint density at radius 2 is 2.22 bits per heavy atom. The summed E-state index contributed by atoms with van der Waals surface area (Å²) in [5.74, 6) is 0. The van der Waals surface area contributed by atoms with Crippen molar-refractivity contribution in [3.63, 3.8) is 0 Å². The second-order valence-corrected chi connectivity index (χ2v) is 5.05. The Kier molecular flexibility index (Phi) is 3.52. The van der Waals surface area contributed by atoms with Crippen molar-refractivity contribution in [3.8, 4) is 0 Å². The molecule has 0 unspecified atom stereocenters. The number of nitrogens with zero attached hydrogens (tertiary/aromatic N) is 1. The summed E-state index contributed by atoms with van der Waals surface area (Å²) in [6.07, 6.45) is 2.93. The summed E-state index contributed by atoms with van der Waals surface area (Å²) in [7, 11) is 0. The molecule has 98 valence electrons. The number of aliphatic hydroxyl groups excluding tert-OH is 1. The zero-order valence-electron chi connectivity index (χ0n) is 10.5. The van der Waals surface area contributed by atoms with E-state index in [0.29, 0.717) is 12.2 Å². The number of aryl methyl sites for hydroxylation is 1. The van der Waals surface area contributed by atoms with Gasteiger partial charge in [0.1, 0.15) is 5.69 Å². The van der Waals surface area contributed by atoms with Crippen LogP contribution in [0.15, 0.2) is 18.2 Å². The van der Waals surface area contributed by atoms with Crippen molar-refractivity contribution < 1.29 is 10.0 Å². The summed E-state index contributed by atoms with van der Waals surface area (Å²) < 4.78 is 0. The van der Waals surface area contributed by atoms with Crippen molar-refractivity contribution in [2.45, 2.75) is 26.2 Å². The molecule has 2 rings (SSSR count). The fraction of sp³-hybridized carbons (Fsp3) is 0.538. The number of nitro groups is 1. The van der Waals surface area contributed by atoms with Crippen LogP contribution in [-0.2, 0) is 0 Å². The molecule has 0 bridgehead atoms. The highest BCUT2D eigenvalue weighted by Gasteiger charge is 2.41. The molecule has 1 aromatic rings. The van der Waals surface area contributed by atoms with Gasteiger partial charge in [0.2, 0.25) is 0 Å². The molecule has 1 aliphatic rings. The maximum atomic E-state index is 11.0. The maximum Gasteiger partial charge on any atom is 0.292 e. The van der Waals surface area contributed by atoms with Crippen molar-refractivity contribution in [3.05, 3.63) is 33.9 Å². The Morgan fingerprint density at radius 3 is 2.78 bits per heavy atom. The van der Waals surface area contributed by atoms with Crippen LogP contribution in [0.25, 0.3) is 0 Å². The number of rotatable bonds is 6. The molecule has 1 aliphatic carbocycles. The van der Waals surface area contributed by atoms with E-state index in [1.807, 2.05) is 13.0 Å². The van der Waals surface area contributed by atoms with Gasteiger partial charge in [-0.05, 0) is 37.2 Å². The van der Waals surface area contributed by atoms with Crippen molar-refractivity contribution in [1.82, 2.24) is 0 Å². The highest BCUT2D eigenvalue weighted by molar-refractivity contribution is 5.66. The summed E-state index contributed by atoms with van der Waals surface area (Å²) in [5, 5.41) is 23.2. The minimum Gasteiger partial charge on any atom is -0.396 e. The molecule has 0 aromatic heterocycles. The quantitative estimate of drug-likeness (QED) is 0.600. The van der Waals surface area contributed by atoms with Gasteiger partial charge < -0.3 is 10.4 Å². The van der Waals surface area contributed by atoms with Crippen molar-refractivity contribution >= 4 is 11.4 Å². The molecule has 0 saturated heterocycles. The number of benzene rings is 1. The lowest BCUT2D eigenvalue weighted by atomic mass is 10.0. The van der Waals surface area contributed by atoms with Crippen molar-refractivity contribution in [2.75, 3.05) is 18.5 Å². The number of para-hydroxylation sites is 1. The number of nitro benzene ring substituents is 1. The highest BCUT2D eigenvalue weighted by Crippen LogP contribution is 2.48. The van der Waals surface area contributed by atoms with Gasteiger partial charge in [0.15, 0.2) is 0 Å². The third-order valence-electron chi connectivity index (χ3n) is 3.69. The lowest BCUT2D eigenvalue weighted by Crippen LogP contribution is -2.18. The van der Waals surface area contributed by atoms with Crippen molar-refractivity contribution in [1.29, 1.82) is 0 Å². The number of hydrogen-bond donors (Lipinski definition) is 2. The van der Waals surface area contributed by atoms with E-state index in [-0.39, 0.29) is 22.6 Å². The predicted octanol–water partition coefficient (Wildman–Crippen LogP) is 2.48. The highest BCUT2D eigenvalue weighted by atomic mass is 16.6. The average Bonchev–Trinajstić information content (AvgIpc) is 3.08. The lowest BCUT2D eigenvalue weighted by Gasteiger charge is -2.16. The van der Waals surface area contributed by atoms with Gasteiger partial charge in [0.25, 0.3) is 5.69 Å². The third-order valence-corrected chi connectivity index (χ3v) is 3.69. The first-order valence-corrected chi connectivity index (χ1v) is 6.17. The Morgan fingerprint density at radius 1 is 1.50 bits per heavy atom. The Bertz CT molecular complexity index is 456. The fourth-order valence-corrected chi connectivity index (χ4v) is 2.24. The van der Waals surface area contributed by atoms with Crippen LogP contribution in [0.2, 0.25) is 0 Å². The normalized spacial score (nSPS) is 16.3. The average molecular weight is 250 g/mol. The molecular weight excluding hydrogens is 232 g/mol. The molecule has 1 fully saturated rings. The molecular formula is C13H18N2O3. The van der Waals surface area contributed by atoms with Gasteiger partial charge in [-0.1, -0.05) is 12.1 Å². The summed E-state index contributed by atoms with van der Waals surface area (Å²) in [4.78, 5) is 10.6. The number of nitrogens with one attached hydrogen (secondary N) is 1. The monoisotopic (exact) mass is 250 g/mol. The van der Waals surface area contributed by atoms with Gasteiger partial charge in [0.05, 0.1) is 4.92 Å². The molecule has 0 atom stereocenters. The third kappa shape index (κ3) is 2.61. The molecule has 1 aromatic carbocycles. The van der Waals surface area contributed by atoms with Crippen LogP contribution in [0, 0.1) is 22.5 Å². The van der Waals surface area contributed by atoms with Crippen LogP contribution < -0.4 is 5.32 Å². The van der Waals surface area contributed by atoms with Gasteiger partial charge >= 0.3 is 0 Å². The van der Waals surface area contributed by atoms with Gasteiger partial charge in [-0.3, -0.25) is 10.1 Å². The standard InChI is InChI=1S/C13H18N2O3/c1-10-3-2-4-11(15(17)18)12(10)14-9-13(5-6-13)7-8-16/h2-4,14,16H,5-9H2,1H3. The molecule has 0 heterocycles. The Balaban J connectivity index is 2.11. The second-order valence-electron chi connectivity index (χ2n) is 5.05. The minimum absolute atomic E-state index is 0.120. The van der Waals surface area contributed by atoms with Gasteiger partial charge in [-0.25, -0.2) is 0 Å². The summed E-state index contributed by atoms with van der Waals surface area (Å²) in [6.45, 7) is 2.73. The van der Waals surface area contributed by atoms with Crippen LogP contribution in [0.4, 0.5) is 11.4 Å². The first-order chi connectivity index (χ1) is 8.58. The van der Waals surface area contributed by atoms with Gasteiger partial charge in [-0.15, -0.1) is 0 Å². The van der Waals surface area contributed by atoms with Crippen molar-refractivity contribution in [2.24, 2.45) is 5.41 Å². The molecule has 0 radical (unpaired) electrons. The summed E-state index contributed by atoms with van der Waals surface area (Å²) in [5.41, 5.74) is 1.75. The number of anilines is 1. The van der Waals surface area contributed by atoms with Crippen LogP contribution in [0.3, 0.4) is 0 Å². The molecule has 0 spiro atoms. The Labute approximate surface area is 106 Å². The number of aliphatic hydroxyl groups is 1. The summed E-state index contributed by atoms with van der Waals surface area (Å²) >= 11 is 0. The van der Waals surface area contributed by atoms with E-state index < -0.39 is 0 Å². The maximum absolute atomic E-state index is 11.0. The van der Waals surface area contributed by atoms with Crippen LogP contribution in [0.5, 0.6) is 0 Å².